The molecule has 0 radical (unpaired) electrons. The molecule has 2 aliphatic carbocycles. The molecule has 0 saturated heterocycles. The molecule has 10 nitrogen and oxygen atoms in total. The first kappa shape index (κ1) is 24.4. The highest BCUT2D eigenvalue weighted by Gasteiger charge is 2.51. The lowest BCUT2D eigenvalue weighted by atomic mass is 9.81. The van der Waals surface area contributed by atoms with Gasteiger partial charge in [0.25, 0.3) is 11.5 Å². The van der Waals surface area contributed by atoms with E-state index < -0.39 is 22.7 Å². The summed E-state index contributed by atoms with van der Waals surface area (Å²) >= 11 is 12.7. The highest BCUT2D eigenvalue weighted by atomic mass is 35.5. The molecule has 1 heterocycles. The Hall–Kier alpha value is -3.34. The second-order valence-electron chi connectivity index (χ2n) is 9.22. The van der Waals surface area contributed by atoms with Crippen molar-refractivity contribution in [2.45, 2.75) is 31.2 Å². The highest BCUT2D eigenvalue weighted by Crippen LogP contribution is 2.50. The van der Waals surface area contributed by atoms with Crippen LogP contribution in [0.5, 0.6) is 17.2 Å². The maximum absolute atomic E-state index is 13.1. The molecule has 188 valence electrons. The van der Waals surface area contributed by atoms with Crippen molar-refractivity contribution < 1.29 is 19.7 Å². The van der Waals surface area contributed by atoms with Crippen LogP contribution >= 0.6 is 23.2 Å². The number of rotatable bonds is 6. The van der Waals surface area contributed by atoms with Gasteiger partial charge in [0.05, 0.1) is 33.4 Å². The van der Waals surface area contributed by atoms with Gasteiger partial charge in [-0.25, -0.2) is 4.79 Å². The molecule has 0 aliphatic heterocycles. The first-order chi connectivity index (χ1) is 17.2. The molecule has 2 aromatic carbocycles. The maximum atomic E-state index is 13.1. The van der Waals surface area contributed by atoms with E-state index in [2.05, 4.69) is 15.4 Å². The number of benzene rings is 2. The number of nitrogens with zero attached hydrogens (tertiary/aromatic N) is 2. The third kappa shape index (κ3) is 4.36. The van der Waals surface area contributed by atoms with Crippen molar-refractivity contribution in [1.29, 1.82) is 0 Å². The van der Waals surface area contributed by atoms with Gasteiger partial charge in [0.15, 0.2) is 5.75 Å². The minimum absolute atomic E-state index is 0.0176. The topological polar surface area (TPSA) is 147 Å². The number of amides is 1. The van der Waals surface area contributed by atoms with Crippen molar-refractivity contribution in [3.63, 3.8) is 0 Å². The van der Waals surface area contributed by atoms with E-state index in [1.165, 1.54) is 30.3 Å². The molecule has 1 amide bonds. The van der Waals surface area contributed by atoms with Crippen LogP contribution in [0.4, 0.5) is 0 Å². The van der Waals surface area contributed by atoms with E-state index in [4.69, 9.17) is 27.9 Å². The molecular formula is C24H22Cl2N4O6. The van der Waals surface area contributed by atoms with E-state index in [0.29, 0.717) is 12.3 Å². The van der Waals surface area contributed by atoms with Crippen LogP contribution < -0.4 is 21.3 Å². The number of ether oxygens (including phenoxy) is 1. The van der Waals surface area contributed by atoms with E-state index >= 15 is 0 Å². The van der Waals surface area contributed by atoms with Crippen LogP contribution in [0.15, 0.2) is 46.1 Å². The van der Waals surface area contributed by atoms with Crippen LogP contribution in [0, 0.1) is 11.8 Å². The van der Waals surface area contributed by atoms with Gasteiger partial charge in [-0.05, 0) is 67.9 Å². The minimum atomic E-state index is -0.770. The van der Waals surface area contributed by atoms with Gasteiger partial charge < -0.3 is 20.3 Å². The number of halogens is 2. The van der Waals surface area contributed by atoms with Crippen molar-refractivity contribution in [3.8, 4) is 22.9 Å². The smallest absolute Gasteiger partial charge is 0.349 e. The molecule has 2 aliphatic rings. The second kappa shape index (κ2) is 9.27. The summed E-state index contributed by atoms with van der Waals surface area (Å²) in [7, 11) is 0. The molecule has 3 aromatic rings. The number of aliphatic hydroxyl groups excluding tert-OH is 1. The quantitative estimate of drug-likeness (QED) is 0.381. The summed E-state index contributed by atoms with van der Waals surface area (Å²) in [4.78, 5) is 38.5. The van der Waals surface area contributed by atoms with Crippen molar-refractivity contribution in [2.75, 3.05) is 6.61 Å². The fraction of sp³-hybridized carbons (Fsp3) is 0.333. The lowest BCUT2D eigenvalue weighted by Crippen LogP contribution is -2.55. The summed E-state index contributed by atoms with van der Waals surface area (Å²) in [6, 6.07) is 6.88. The summed E-state index contributed by atoms with van der Waals surface area (Å²) in [5.41, 5.74) is -1.93. The number of hydrogen-bond donors (Lipinski definition) is 4. The van der Waals surface area contributed by atoms with Crippen LogP contribution in [0.3, 0.4) is 0 Å². The van der Waals surface area contributed by atoms with Crippen LogP contribution in [-0.2, 0) is 0 Å². The third-order valence-electron chi connectivity index (χ3n) is 6.99. The zero-order chi connectivity index (χ0) is 25.6. The molecule has 4 N–H and O–H groups in total. The molecule has 3 unspecified atom stereocenters. The average Bonchev–Trinajstić information content (AvgIpc) is 3.44. The zero-order valence-corrected chi connectivity index (χ0v) is 20.3. The third-order valence-corrected chi connectivity index (χ3v) is 7.55. The molecule has 1 aromatic heterocycles. The summed E-state index contributed by atoms with van der Waals surface area (Å²) < 4.78 is 6.74. The van der Waals surface area contributed by atoms with Crippen LogP contribution in [0.1, 0.15) is 36.0 Å². The Morgan fingerprint density at radius 2 is 1.97 bits per heavy atom. The first-order valence-corrected chi connectivity index (χ1v) is 12.1. The van der Waals surface area contributed by atoms with E-state index in [-0.39, 0.29) is 51.1 Å². The monoisotopic (exact) mass is 532 g/mol. The van der Waals surface area contributed by atoms with Crippen molar-refractivity contribution >= 4 is 29.1 Å². The molecular weight excluding hydrogens is 511 g/mol. The molecule has 2 bridgehead atoms. The van der Waals surface area contributed by atoms with Gasteiger partial charge in [-0.15, -0.1) is 0 Å². The number of aromatic hydroxyl groups is 1. The van der Waals surface area contributed by atoms with Crippen LogP contribution in [0.25, 0.3) is 5.69 Å². The fourth-order valence-electron chi connectivity index (χ4n) is 5.31. The van der Waals surface area contributed by atoms with Crippen molar-refractivity contribution in [1.82, 2.24) is 20.1 Å². The zero-order valence-electron chi connectivity index (χ0n) is 18.8. The molecule has 2 fully saturated rings. The largest absolute Gasteiger partial charge is 0.507 e. The number of aromatic nitrogens is 3. The number of aliphatic hydroxyl groups is 1. The predicted molar refractivity (Wildman–Crippen MR) is 131 cm³/mol. The molecule has 3 atom stereocenters. The number of phenolic OH excluding ortho intramolecular Hbond substituents is 1. The van der Waals surface area contributed by atoms with Crippen molar-refractivity contribution in [3.05, 3.63) is 73.0 Å². The van der Waals surface area contributed by atoms with Gasteiger partial charge in [-0.2, -0.15) is 9.78 Å². The Bertz CT molecular complexity index is 1450. The number of hydrogen-bond acceptors (Lipinski definition) is 7. The molecule has 36 heavy (non-hydrogen) atoms. The molecule has 2 saturated carbocycles. The van der Waals surface area contributed by atoms with E-state index in [0.717, 1.165) is 30.1 Å². The van der Waals surface area contributed by atoms with Crippen LogP contribution in [-0.4, -0.2) is 43.0 Å². The summed E-state index contributed by atoms with van der Waals surface area (Å²) in [5, 5.41) is 27.2. The van der Waals surface area contributed by atoms with Gasteiger partial charge >= 0.3 is 5.69 Å². The Morgan fingerprint density at radius 3 is 2.58 bits per heavy atom. The minimum Gasteiger partial charge on any atom is -0.507 e. The highest BCUT2D eigenvalue weighted by molar-refractivity contribution is 6.37. The van der Waals surface area contributed by atoms with Gasteiger partial charge in [-0.3, -0.25) is 14.6 Å². The number of phenols is 1. The summed E-state index contributed by atoms with van der Waals surface area (Å²) in [6.45, 7) is -0.165. The van der Waals surface area contributed by atoms with Gasteiger partial charge in [-0.1, -0.05) is 23.2 Å². The van der Waals surface area contributed by atoms with E-state index in [9.17, 15) is 24.6 Å². The van der Waals surface area contributed by atoms with E-state index in [1.807, 2.05) is 0 Å². The number of carbonyl (C=O) groups is 1. The predicted octanol–water partition coefficient (Wildman–Crippen LogP) is 3.01. The van der Waals surface area contributed by atoms with Gasteiger partial charge in [0.1, 0.15) is 17.7 Å². The number of carbonyl (C=O) groups excluding carboxylic acids is 1. The Labute approximate surface area is 214 Å². The lowest BCUT2D eigenvalue weighted by molar-refractivity contribution is 0.0709. The van der Waals surface area contributed by atoms with Crippen LogP contribution in [0.2, 0.25) is 10.0 Å². The average molecular weight is 533 g/mol. The standard InChI is InChI=1S/C24H22Cl2N4O6/c25-17-6-14(30-23(35)28-20(33)10-27-30)7-18(26)21(17)36-15-3-4-19(32)16(8-15)22(34)29-24(11-31)9-12-1-2-13(24)5-12/h3-4,6-8,10,12-13,31-32H,1-2,5,9,11H2,(H,29,34)(H,28,33,35). The van der Waals surface area contributed by atoms with E-state index in [1.54, 1.807) is 0 Å². The maximum Gasteiger partial charge on any atom is 0.349 e. The van der Waals surface area contributed by atoms with Crippen molar-refractivity contribution in [2.24, 2.45) is 11.8 Å². The molecule has 12 heteroatoms. The number of H-pyrrole nitrogens is 1. The number of fused-ring (bicyclic) bond motifs is 2. The Balaban J connectivity index is 1.40. The summed E-state index contributed by atoms with van der Waals surface area (Å²) in [6.07, 6.45) is 4.68. The molecule has 0 spiro atoms. The summed E-state index contributed by atoms with van der Waals surface area (Å²) in [5.74, 6) is 0.165. The number of nitrogens with one attached hydrogen (secondary N) is 2. The normalized spacial score (nSPS) is 22.5. The second-order valence-corrected chi connectivity index (χ2v) is 10.0. The fourth-order valence-corrected chi connectivity index (χ4v) is 5.86. The SMILES string of the molecule is O=C(NC1(CO)CC2CCC1C2)c1cc(Oc2c(Cl)cc(-n3ncc(=O)[nH]c3=O)cc2Cl)ccc1O. The Kier molecular flexibility index (Phi) is 6.27. The lowest BCUT2D eigenvalue weighted by Gasteiger charge is -2.37. The van der Waals surface area contributed by atoms with Gasteiger partial charge in [0.2, 0.25) is 0 Å². The van der Waals surface area contributed by atoms with Gasteiger partial charge in [0, 0.05) is 0 Å². The molecule has 5 rings (SSSR count). The first-order valence-electron chi connectivity index (χ1n) is 11.3. The Morgan fingerprint density at radius 1 is 1.22 bits per heavy atom. The number of aromatic amines is 1.